The summed E-state index contributed by atoms with van der Waals surface area (Å²) in [6.45, 7) is 4.71. The molecule has 1 N–H and O–H groups in total. The molecule has 0 atom stereocenters. The van der Waals surface area contributed by atoms with Gasteiger partial charge in [0.25, 0.3) is 0 Å². The first-order valence-corrected chi connectivity index (χ1v) is 8.18. The van der Waals surface area contributed by atoms with Gasteiger partial charge in [-0.05, 0) is 31.2 Å². The smallest absolute Gasteiger partial charge is 0.193 e. The Bertz CT molecular complexity index is 661. The molecule has 0 aliphatic heterocycles. The summed E-state index contributed by atoms with van der Waals surface area (Å²) in [6, 6.07) is 7.33. The van der Waals surface area contributed by atoms with Crippen LogP contribution < -0.4 is 10.1 Å². The van der Waals surface area contributed by atoms with Crippen LogP contribution in [-0.2, 0) is 13.1 Å². The number of nitrogens with one attached hydrogen (secondary N) is 1. The number of hydrogen-bond acceptors (Lipinski definition) is 4. The average molecular weight is 479 g/mol. The van der Waals surface area contributed by atoms with Gasteiger partial charge in [0.05, 0.1) is 13.1 Å². The first-order chi connectivity index (χ1) is 11.6. The van der Waals surface area contributed by atoms with E-state index in [9.17, 15) is 0 Å². The number of halogens is 2. The standard InChI is InChI=1S/C16H23ClN6O.HI/c1-4-23-12-20-21-15(23)11-19-16(18-2)22(3)9-10-24-14-7-5-13(17)6-8-14;/h5-8,12H,4,9-11H2,1-3H3,(H,18,19);1H. The van der Waals surface area contributed by atoms with Gasteiger partial charge in [0.2, 0.25) is 0 Å². The lowest BCUT2D eigenvalue weighted by atomic mass is 10.3. The minimum absolute atomic E-state index is 0. The molecular formula is C16H24ClIN6O. The number of likely N-dealkylation sites (N-methyl/N-ethyl adjacent to an activating group) is 1. The molecule has 0 fully saturated rings. The third-order valence-corrected chi connectivity index (χ3v) is 3.78. The van der Waals surface area contributed by atoms with Crippen LogP contribution in [0, 0.1) is 0 Å². The molecule has 0 amide bonds. The van der Waals surface area contributed by atoms with E-state index in [0.717, 1.165) is 24.1 Å². The predicted molar refractivity (Wildman–Crippen MR) is 111 cm³/mol. The lowest BCUT2D eigenvalue weighted by molar-refractivity contribution is 0.281. The van der Waals surface area contributed by atoms with Crippen molar-refractivity contribution < 1.29 is 4.74 Å². The number of hydrogen-bond donors (Lipinski definition) is 1. The molecule has 7 nitrogen and oxygen atoms in total. The summed E-state index contributed by atoms with van der Waals surface area (Å²) in [4.78, 5) is 6.28. The number of guanidine groups is 1. The molecule has 0 aliphatic carbocycles. The van der Waals surface area contributed by atoms with Crippen molar-refractivity contribution in [1.82, 2.24) is 25.0 Å². The number of aryl methyl sites for hydroxylation is 1. The number of aliphatic imine (C=N–C) groups is 1. The van der Waals surface area contributed by atoms with E-state index in [-0.39, 0.29) is 24.0 Å². The molecule has 0 bridgehead atoms. The van der Waals surface area contributed by atoms with Crippen LogP contribution in [0.2, 0.25) is 5.02 Å². The SMILES string of the molecule is CCn1cnnc1CNC(=NC)N(C)CCOc1ccc(Cl)cc1.I. The highest BCUT2D eigenvalue weighted by molar-refractivity contribution is 14.0. The van der Waals surface area contributed by atoms with E-state index >= 15 is 0 Å². The molecule has 0 saturated heterocycles. The summed E-state index contributed by atoms with van der Waals surface area (Å²) >= 11 is 5.86. The van der Waals surface area contributed by atoms with Crippen molar-refractivity contribution >= 4 is 41.5 Å². The minimum atomic E-state index is 0. The molecule has 138 valence electrons. The Labute approximate surface area is 170 Å². The van der Waals surface area contributed by atoms with Crippen molar-refractivity contribution in [1.29, 1.82) is 0 Å². The summed E-state index contributed by atoms with van der Waals surface area (Å²) in [5.41, 5.74) is 0. The van der Waals surface area contributed by atoms with Crippen LogP contribution in [-0.4, -0.2) is 52.9 Å². The van der Waals surface area contributed by atoms with Gasteiger partial charge in [0.15, 0.2) is 11.8 Å². The zero-order valence-electron chi connectivity index (χ0n) is 14.6. The topological polar surface area (TPSA) is 67.6 Å². The Hall–Kier alpha value is -1.55. The first kappa shape index (κ1) is 21.5. The largest absolute Gasteiger partial charge is 0.492 e. The summed E-state index contributed by atoms with van der Waals surface area (Å²) in [6.07, 6.45) is 1.73. The number of ether oxygens (including phenoxy) is 1. The van der Waals surface area contributed by atoms with E-state index in [1.807, 2.05) is 40.8 Å². The van der Waals surface area contributed by atoms with Gasteiger partial charge in [-0.2, -0.15) is 0 Å². The fourth-order valence-electron chi connectivity index (χ4n) is 2.16. The predicted octanol–water partition coefficient (Wildman–Crippen LogP) is 2.66. The van der Waals surface area contributed by atoms with Crippen molar-refractivity contribution in [2.75, 3.05) is 27.2 Å². The molecule has 0 aliphatic rings. The maximum atomic E-state index is 5.86. The van der Waals surface area contributed by atoms with Crippen molar-refractivity contribution in [3.8, 4) is 5.75 Å². The lowest BCUT2D eigenvalue weighted by Gasteiger charge is -2.22. The first-order valence-electron chi connectivity index (χ1n) is 7.81. The second kappa shape index (κ2) is 11.1. The van der Waals surface area contributed by atoms with E-state index in [1.165, 1.54) is 0 Å². The van der Waals surface area contributed by atoms with Gasteiger partial charge in [-0.15, -0.1) is 34.2 Å². The maximum absolute atomic E-state index is 5.86. The number of aromatic nitrogens is 3. The highest BCUT2D eigenvalue weighted by Crippen LogP contribution is 2.15. The zero-order chi connectivity index (χ0) is 17.4. The van der Waals surface area contributed by atoms with Gasteiger partial charge in [-0.25, -0.2) is 0 Å². The summed E-state index contributed by atoms with van der Waals surface area (Å²) in [5.74, 6) is 2.46. The van der Waals surface area contributed by atoms with E-state index in [1.54, 1.807) is 13.4 Å². The highest BCUT2D eigenvalue weighted by atomic mass is 127. The molecule has 25 heavy (non-hydrogen) atoms. The third kappa shape index (κ3) is 6.69. The number of nitrogens with zero attached hydrogens (tertiary/aromatic N) is 5. The van der Waals surface area contributed by atoms with Gasteiger partial charge in [-0.1, -0.05) is 11.6 Å². The van der Waals surface area contributed by atoms with Gasteiger partial charge in [0, 0.05) is 25.7 Å². The number of rotatable bonds is 7. The van der Waals surface area contributed by atoms with Crippen LogP contribution >= 0.6 is 35.6 Å². The average Bonchev–Trinajstić information content (AvgIpc) is 3.05. The summed E-state index contributed by atoms with van der Waals surface area (Å²) in [5, 5.41) is 12.0. The van der Waals surface area contributed by atoms with Crippen molar-refractivity contribution in [2.45, 2.75) is 20.0 Å². The Morgan fingerprint density at radius 1 is 1.36 bits per heavy atom. The van der Waals surface area contributed by atoms with Gasteiger partial charge in [0.1, 0.15) is 18.7 Å². The molecule has 1 heterocycles. The molecule has 1 aromatic heterocycles. The number of benzene rings is 1. The Morgan fingerprint density at radius 3 is 2.72 bits per heavy atom. The van der Waals surface area contributed by atoms with Crippen molar-refractivity contribution in [3.63, 3.8) is 0 Å². The Balaban J connectivity index is 0.00000312. The molecule has 0 unspecified atom stereocenters. The monoisotopic (exact) mass is 478 g/mol. The van der Waals surface area contributed by atoms with E-state index < -0.39 is 0 Å². The van der Waals surface area contributed by atoms with E-state index in [0.29, 0.717) is 24.7 Å². The van der Waals surface area contributed by atoms with Crippen LogP contribution in [0.3, 0.4) is 0 Å². The maximum Gasteiger partial charge on any atom is 0.193 e. The Kier molecular flexibility index (Phi) is 9.58. The van der Waals surface area contributed by atoms with Crippen LogP contribution in [0.15, 0.2) is 35.6 Å². The van der Waals surface area contributed by atoms with Gasteiger partial charge >= 0.3 is 0 Å². The zero-order valence-corrected chi connectivity index (χ0v) is 17.7. The highest BCUT2D eigenvalue weighted by Gasteiger charge is 2.08. The van der Waals surface area contributed by atoms with Crippen molar-refractivity contribution in [2.24, 2.45) is 4.99 Å². The second-order valence-electron chi connectivity index (χ2n) is 5.16. The van der Waals surface area contributed by atoms with E-state index in [2.05, 4.69) is 27.4 Å². The lowest BCUT2D eigenvalue weighted by Crippen LogP contribution is -2.40. The van der Waals surface area contributed by atoms with Crippen LogP contribution in [0.1, 0.15) is 12.7 Å². The molecular weight excluding hydrogens is 455 g/mol. The normalized spacial score (nSPS) is 11.0. The van der Waals surface area contributed by atoms with Crippen LogP contribution in [0.5, 0.6) is 5.75 Å². The summed E-state index contributed by atoms with van der Waals surface area (Å²) in [7, 11) is 3.72. The minimum Gasteiger partial charge on any atom is -0.492 e. The molecule has 2 aromatic rings. The fraction of sp³-hybridized carbons (Fsp3) is 0.438. The molecule has 0 spiro atoms. The van der Waals surface area contributed by atoms with Crippen LogP contribution in [0.25, 0.3) is 0 Å². The third-order valence-electron chi connectivity index (χ3n) is 3.52. The molecule has 9 heteroatoms. The quantitative estimate of drug-likeness (QED) is 0.376. The van der Waals surface area contributed by atoms with Crippen LogP contribution in [0.4, 0.5) is 0 Å². The Morgan fingerprint density at radius 2 is 2.08 bits per heavy atom. The fourth-order valence-corrected chi connectivity index (χ4v) is 2.29. The van der Waals surface area contributed by atoms with E-state index in [4.69, 9.17) is 16.3 Å². The molecule has 0 saturated carbocycles. The van der Waals surface area contributed by atoms with Gasteiger partial charge < -0.3 is 19.5 Å². The van der Waals surface area contributed by atoms with Crippen molar-refractivity contribution in [3.05, 3.63) is 41.4 Å². The molecule has 2 rings (SSSR count). The second-order valence-corrected chi connectivity index (χ2v) is 5.59. The molecule has 1 aromatic carbocycles. The summed E-state index contributed by atoms with van der Waals surface area (Å²) < 4.78 is 7.69. The molecule has 0 radical (unpaired) electrons. The van der Waals surface area contributed by atoms with Gasteiger partial charge in [-0.3, -0.25) is 4.99 Å².